The minimum absolute atomic E-state index is 0.0231. The summed E-state index contributed by atoms with van der Waals surface area (Å²) >= 11 is 1.44. The van der Waals surface area contributed by atoms with E-state index < -0.39 is 0 Å². The number of aliphatic hydroxyl groups is 1. The molecule has 0 saturated carbocycles. The van der Waals surface area contributed by atoms with Crippen LogP contribution in [0.4, 0.5) is 5.69 Å². The number of rotatable bonds is 7. The molecule has 1 aromatic carbocycles. The summed E-state index contributed by atoms with van der Waals surface area (Å²) in [6.07, 6.45) is 1.24. The molecule has 2 rings (SSSR count). The van der Waals surface area contributed by atoms with Crippen molar-refractivity contribution in [1.82, 2.24) is 5.32 Å². The van der Waals surface area contributed by atoms with Gasteiger partial charge >= 0.3 is 0 Å². The zero-order chi connectivity index (χ0) is 16.7. The summed E-state index contributed by atoms with van der Waals surface area (Å²) in [5, 5.41) is 18.3. The SMILES string of the molecule is CCC(CCO)NC(=O)c1ccccc1NC(=O)c1ccsc1. The van der Waals surface area contributed by atoms with Crippen molar-refractivity contribution in [1.29, 1.82) is 0 Å². The van der Waals surface area contributed by atoms with Crippen molar-refractivity contribution < 1.29 is 14.7 Å². The maximum atomic E-state index is 12.4. The fourth-order valence-electron chi connectivity index (χ4n) is 2.18. The molecule has 0 aliphatic rings. The zero-order valence-electron chi connectivity index (χ0n) is 12.9. The Morgan fingerprint density at radius 1 is 1.22 bits per heavy atom. The molecular weight excluding hydrogens is 312 g/mol. The van der Waals surface area contributed by atoms with Crippen LogP contribution in [0.25, 0.3) is 0 Å². The number of hydrogen-bond donors (Lipinski definition) is 3. The quantitative estimate of drug-likeness (QED) is 0.729. The Hall–Kier alpha value is -2.18. The molecule has 0 aliphatic heterocycles. The van der Waals surface area contributed by atoms with Gasteiger partial charge in [0.05, 0.1) is 16.8 Å². The van der Waals surface area contributed by atoms with Crippen LogP contribution in [0, 0.1) is 0 Å². The van der Waals surface area contributed by atoms with Gasteiger partial charge in [-0.1, -0.05) is 19.1 Å². The molecule has 1 aromatic heterocycles. The van der Waals surface area contributed by atoms with Crippen molar-refractivity contribution in [3.05, 3.63) is 52.2 Å². The van der Waals surface area contributed by atoms with Gasteiger partial charge in [0, 0.05) is 18.0 Å². The summed E-state index contributed by atoms with van der Waals surface area (Å²) in [5.41, 5.74) is 1.45. The Morgan fingerprint density at radius 3 is 2.65 bits per heavy atom. The smallest absolute Gasteiger partial charge is 0.256 e. The molecule has 6 heteroatoms. The van der Waals surface area contributed by atoms with Crippen molar-refractivity contribution in [3.63, 3.8) is 0 Å². The van der Waals surface area contributed by atoms with Gasteiger partial charge in [0.25, 0.3) is 11.8 Å². The highest BCUT2D eigenvalue weighted by Gasteiger charge is 2.16. The normalized spacial score (nSPS) is 11.7. The van der Waals surface area contributed by atoms with Crippen molar-refractivity contribution >= 4 is 28.8 Å². The predicted molar refractivity (Wildman–Crippen MR) is 92.0 cm³/mol. The van der Waals surface area contributed by atoms with Crippen LogP contribution >= 0.6 is 11.3 Å². The molecule has 0 spiro atoms. The number of carbonyl (C=O) groups excluding carboxylic acids is 2. The fraction of sp³-hybridized carbons (Fsp3) is 0.294. The summed E-state index contributed by atoms with van der Waals surface area (Å²) in [7, 11) is 0. The van der Waals surface area contributed by atoms with Gasteiger partial charge < -0.3 is 15.7 Å². The van der Waals surface area contributed by atoms with E-state index in [-0.39, 0.29) is 24.5 Å². The first-order valence-electron chi connectivity index (χ1n) is 7.50. The van der Waals surface area contributed by atoms with E-state index in [9.17, 15) is 9.59 Å². The average molecular weight is 332 g/mol. The molecule has 1 unspecified atom stereocenters. The largest absolute Gasteiger partial charge is 0.396 e. The first-order valence-corrected chi connectivity index (χ1v) is 8.44. The maximum absolute atomic E-state index is 12.4. The van der Waals surface area contributed by atoms with Crippen LogP contribution in [0.3, 0.4) is 0 Å². The van der Waals surface area contributed by atoms with Crippen LogP contribution in [0.2, 0.25) is 0 Å². The third-order valence-electron chi connectivity index (χ3n) is 3.51. The standard InChI is InChI=1S/C17H20N2O3S/c1-2-13(7-9-20)18-17(22)14-5-3-4-6-15(14)19-16(21)12-8-10-23-11-12/h3-6,8,10-11,13,20H,2,7,9H2,1H3,(H,18,22)(H,19,21). The van der Waals surface area contributed by atoms with Gasteiger partial charge in [0.2, 0.25) is 0 Å². The molecule has 1 heterocycles. The molecule has 2 amide bonds. The van der Waals surface area contributed by atoms with Gasteiger partial charge in [-0.05, 0) is 36.4 Å². The van der Waals surface area contributed by atoms with Crippen molar-refractivity contribution in [2.75, 3.05) is 11.9 Å². The number of carbonyl (C=O) groups is 2. The predicted octanol–water partition coefficient (Wildman–Crippen LogP) is 2.89. The number of para-hydroxylation sites is 1. The monoisotopic (exact) mass is 332 g/mol. The molecule has 122 valence electrons. The van der Waals surface area contributed by atoms with E-state index in [4.69, 9.17) is 5.11 Å². The Morgan fingerprint density at radius 2 is 2.00 bits per heavy atom. The highest BCUT2D eigenvalue weighted by molar-refractivity contribution is 7.08. The second-order valence-electron chi connectivity index (χ2n) is 5.10. The van der Waals surface area contributed by atoms with E-state index in [1.165, 1.54) is 11.3 Å². The van der Waals surface area contributed by atoms with Crippen molar-refractivity contribution in [2.24, 2.45) is 0 Å². The molecule has 1 atom stereocenters. The summed E-state index contributed by atoms with van der Waals surface area (Å²) in [6.45, 7) is 1.97. The Balaban J connectivity index is 2.13. The van der Waals surface area contributed by atoms with Crippen LogP contribution in [-0.4, -0.2) is 29.6 Å². The van der Waals surface area contributed by atoms with E-state index in [0.29, 0.717) is 23.2 Å². The molecule has 0 fully saturated rings. The van der Waals surface area contributed by atoms with Crippen LogP contribution in [0.1, 0.15) is 40.5 Å². The number of anilines is 1. The lowest BCUT2D eigenvalue weighted by Crippen LogP contribution is -2.35. The first-order chi connectivity index (χ1) is 11.2. The fourth-order valence-corrected chi connectivity index (χ4v) is 2.81. The third-order valence-corrected chi connectivity index (χ3v) is 4.19. The van der Waals surface area contributed by atoms with Crippen LogP contribution in [-0.2, 0) is 0 Å². The van der Waals surface area contributed by atoms with Crippen LogP contribution in [0.15, 0.2) is 41.1 Å². The number of hydrogen-bond acceptors (Lipinski definition) is 4. The molecule has 0 aliphatic carbocycles. The number of amides is 2. The lowest BCUT2D eigenvalue weighted by atomic mass is 10.1. The molecule has 2 aromatic rings. The van der Waals surface area contributed by atoms with Gasteiger partial charge in [-0.25, -0.2) is 0 Å². The Bertz CT molecular complexity index is 656. The van der Waals surface area contributed by atoms with Crippen LogP contribution in [0.5, 0.6) is 0 Å². The lowest BCUT2D eigenvalue weighted by Gasteiger charge is -2.17. The van der Waals surface area contributed by atoms with Gasteiger partial charge in [0.15, 0.2) is 0 Å². The number of thiophene rings is 1. The topological polar surface area (TPSA) is 78.4 Å². The van der Waals surface area contributed by atoms with E-state index in [2.05, 4.69) is 10.6 Å². The number of benzene rings is 1. The molecule has 23 heavy (non-hydrogen) atoms. The van der Waals surface area contributed by atoms with Gasteiger partial charge in [0.1, 0.15) is 0 Å². The van der Waals surface area contributed by atoms with E-state index in [1.807, 2.05) is 12.3 Å². The second kappa shape index (κ2) is 8.45. The summed E-state index contributed by atoms with van der Waals surface area (Å²) < 4.78 is 0. The third kappa shape index (κ3) is 4.64. The Kier molecular flexibility index (Phi) is 6.31. The highest BCUT2D eigenvalue weighted by Crippen LogP contribution is 2.17. The molecular formula is C17H20N2O3S. The minimum atomic E-state index is -0.258. The maximum Gasteiger partial charge on any atom is 0.256 e. The number of aliphatic hydroxyl groups excluding tert-OH is 1. The first kappa shape index (κ1) is 17.2. The lowest BCUT2D eigenvalue weighted by molar-refractivity contribution is 0.0930. The molecule has 0 radical (unpaired) electrons. The molecule has 5 nitrogen and oxygen atoms in total. The summed E-state index contributed by atoms with van der Waals surface area (Å²) in [6, 6.07) is 8.54. The minimum Gasteiger partial charge on any atom is -0.396 e. The number of nitrogens with one attached hydrogen (secondary N) is 2. The Labute approximate surface area is 139 Å². The summed E-state index contributed by atoms with van der Waals surface area (Å²) in [4.78, 5) is 24.6. The highest BCUT2D eigenvalue weighted by atomic mass is 32.1. The van der Waals surface area contributed by atoms with E-state index in [1.54, 1.807) is 35.7 Å². The van der Waals surface area contributed by atoms with Gasteiger partial charge in [-0.2, -0.15) is 11.3 Å². The molecule has 0 bridgehead atoms. The summed E-state index contributed by atoms with van der Waals surface area (Å²) in [5.74, 6) is -0.500. The molecule has 3 N–H and O–H groups in total. The van der Waals surface area contributed by atoms with Crippen molar-refractivity contribution in [2.45, 2.75) is 25.8 Å². The zero-order valence-corrected chi connectivity index (χ0v) is 13.7. The average Bonchev–Trinajstić information content (AvgIpc) is 3.09. The molecule has 0 saturated heterocycles. The van der Waals surface area contributed by atoms with E-state index in [0.717, 1.165) is 6.42 Å². The van der Waals surface area contributed by atoms with Gasteiger partial charge in [-0.3, -0.25) is 9.59 Å². The van der Waals surface area contributed by atoms with Crippen molar-refractivity contribution in [3.8, 4) is 0 Å². The van der Waals surface area contributed by atoms with Gasteiger partial charge in [-0.15, -0.1) is 0 Å². The van der Waals surface area contributed by atoms with E-state index >= 15 is 0 Å². The second-order valence-corrected chi connectivity index (χ2v) is 5.88. The van der Waals surface area contributed by atoms with Crippen LogP contribution < -0.4 is 10.6 Å².